The zero-order chi connectivity index (χ0) is 15.1. The molecular weight excluding hydrogens is 250 g/mol. The lowest BCUT2D eigenvalue weighted by Crippen LogP contribution is -2.47. The van der Waals surface area contributed by atoms with Crippen molar-refractivity contribution >= 4 is 11.9 Å². The second kappa shape index (κ2) is 4.62. The highest BCUT2D eigenvalue weighted by Gasteiger charge is 2.41. The third kappa shape index (κ3) is 2.84. The molecule has 4 heteroatoms. The van der Waals surface area contributed by atoms with Gasteiger partial charge in [-0.05, 0) is 47.1 Å². The van der Waals surface area contributed by atoms with Gasteiger partial charge in [-0.25, -0.2) is 4.99 Å². The minimum atomic E-state index is -0.857. The van der Waals surface area contributed by atoms with Crippen molar-refractivity contribution in [3.05, 3.63) is 34.9 Å². The van der Waals surface area contributed by atoms with E-state index in [4.69, 9.17) is 0 Å². The van der Waals surface area contributed by atoms with E-state index >= 15 is 0 Å². The Hall–Kier alpha value is -1.84. The molecule has 0 aromatic heterocycles. The first-order valence-corrected chi connectivity index (χ1v) is 6.88. The van der Waals surface area contributed by atoms with Gasteiger partial charge in [-0.3, -0.25) is 10.1 Å². The highest BCUT2D eigenvalue weighted by Crippen LogP contribution is 2.30. The van der Waals surface area contributed by atoms with Crippen LogP contribution >= 0.6 is 0 Å². The van der Waals surface area contributed by atoms with Gasteiger partial charge in [0.2, 0.25) is 0 Å². The summed E-state index contributed by atoms with van der Waals surface area (Å²) < 4.78 is 0. The SMILES string of the molecule is Cc1cc(C)cc(C2(C)N=C(NC(C)(C)C)NC2=O)c1. The molecule has 20 heavy (non-hydrogen) atoms. The fourth-order valence-electron chi connectivity index (χ4n) is 2.40. The predicted octanol–water partition coefficient (Wildman–Crippen LogP) is 2.39. The fourth-order valence-corrected chi connectivity index (χ4v) is 2.40. The maximum Gasteiger partial charge on any atom is 0.259 e. The first-order chi connectivity index (χ1) is 9.10. The van der Waals surface area contributed by atoms with Gasteiger partial charge in [-0.1, -0.05) is 29.3 Å². The van der Waals surface area contributed by atoms with E-state index in [1.54, 1.807) is 0 Å². The molecular formula is C16H23N3O. The van der Waals surface area contributed by atoms with Gasteiger partial charge in [0.05, 0.1) is 0 Å². The summed E-state index contributed by atoms with van der Waals surface area (Å²) in [7, 11) is 0. The monoisotopic (exact) mass is 273 g/mol. The molecule has 1 aliphatic rings. The number of carbonyl (C=O) groups excluding carboxylic acids is 1. The Morgan fingerprint density at radius 2 is 1.70 bits per heavy atom. The Balaban J connectivity index is 2.40. The van der Waals surface area contributed by atoms with Crippen LogP contribution in [0.2, 0.25) is 0 Å². The van der Waals surface area contributed by atoms with Gasteiger partial charge in [0.25, 0.3) is 5.91 Å². The Labute approximate surface area is 120 Å². The molecule has 1 aromatic rings. The molecule has 1 heterocycles. The van der Waals surface area contributed by atoms with E-state index in [1.165, 1.54) is 0 Å². The van der Waals surface area contributed by atoms with E-state index in [0.717, 1.165) is 16.7 Å². The summed E-state index contributed by atoms with van der Waals surface area (Å²) in [5.74, 6) is 0.457. The van der Waals surface area contributed by atoms with Crippen molar-refractivity contribution in [1.82, 2.24) is 10.6 Å². The second-order valence-corrected chi connectivity index (χ2v) is 6.74. The molecule has 1 aromatic carbocycles. The second-order valence-electron chi connectivity index (χ2n) is 6.74. The third-order valence-electron chi connectivity index (χ3n) is 3.29. The quantitative estimate of drug-likeness (QED) is 0.825. The van der Waals surface area contributed by atoms with Gasteiger partial charge in [0.1, 0.15) is 0 Å². The molecule has 1 amide bonds. The van der Waals surface area contributed by atoms with Crippen LogP contribution < -0.4 is 10.6 Å². The van der Waals surface area contributed by atoms with Crippen molar-refractivity contribution in [2.45, 2.75) is 52.6 Å². The summed E-state index contributed by atoms with van der Waals surface area (Å²) in [5, 5.41) is 6.06. The molecule has 1 atom stereocenters. The van der Waals surface area contributed by atoms with Crippen molar-refractivity contribution < 1.29 is 4.79 Å². The minimum Gasteiger partial charge on any atom is -0.351 e. The zero-order valence-electron chi connectivity index (χ0n) is 13.1. The number of nitrogens with one attached hydrogen (secondary N) is 2. The van der Waals surface area contributed by atoms with E-state index < -0.39 is 5.54 Å². The number of rotatable bonds is 1. The average Bonchev–Trinajstić information content (AvgIpc) is 2.51. The van der Waals surface area contributed by atoms with E-state index in [1.807, 2.05) is 53.7 Å². The molecule has 1 aliphatic heterocycles. The van der Waals surface area contributed by atoms with Gasteiger partial charge in [-0.2, -0.15) is 0 Å². The average molecular weight is 273 g/mol. The molecule has 108 valence electrons. The molecule has 2 N–H and O–H groups in total. The molecule has 2 rings (SSSR count). The van der Waals surface area contributed by atoms with E-state index in [0.29, 0.717) is 5.96 Å². The van der Waals surface area contributed by atoms with Crippen LogP contribution in [0.15, 0.2) is 23.2 Å². The summed E-state index contributed by atoms with van der Waals surface area (Å²) in [4.78, 5) is 16.9. The third-order valence-corrected chi connectivity index (χ3v) is 3.29. The van der Waals surface area contributed by atoms with Crippen LogP contribution in [0.4, 0.5) is 0 Å². The molecule has 0 saturated heterocycles. The molecule has 0 fully saturated rings. The molecule has 0 saturated carbocycles. The van der Waals surface area contributed by atoms with E-state index in [2.05, 4.69) is 21.7 Å². The van der Waals surface area contributed by atoms with Gasteiger partial charge in [0.15, 0.2) is 11.5 Å². The van der Waals surface area contributed by atoms with Gasteiger partial charge in [0, 0.05) is 5.54 Å². The Morgan fingerprint density at radius 3 is 2.20 bits per heavy atom. The number of carbonyl (C=O) groups is 1. The number of aliphatic imine (C=N–C) groups is 1. The van der Waals surface area contributed by atoms with E-state index in [9.17, 15) is 4.79 Å². The van der Waals surface area contributed by atoms with E-state index in [-0.39, 0.29) is 11.4 Å². The molecule has 1 unspecified atom stereocenters. The molecule has 0 radical (unpaired) electrons. The van der Waals surface area contributed by atoms with Gasteiger partial charge in [-0.15, -0.1) is 0 Å². The molecule has 0 spiro atoms. The Kier molecular flexibility index (Phi) is 3.36. The number of amides is 1. The maximum atomic E-state index is 12.3. The van der Waals surface area contributed by atoms with Crippen LogP contribution in [0.5, 0.6) is 0 Å². The number of benzene rings is 1. The van der Waals surface area contributed by atoms with Crippen molar-refractivity contribution in [1.29, 1.82) is 0 Å². The minimum absolute atomic E-state index is 0.0887. The maximum absolute atomic E-state index is 12.3. The number of guanidine groups is 1. The summed E-state index contributed by atoms with van der Waals surface area (Å²) in [6.45, 7) is 12.0. The van der Waals surface area contributed by atoms with Crippen LogP contribution in [0, 0.1) is 13.8 Å². The summed E-state index contributed by atoms with van der Waals surface area (Å²) in [6, 6.07) is 6.14. The van der Waals surface area contributed by atoms with Crippen molar-refractivity contribution in [3.8, 4) is 0 Å². The lowest BCUT2D eigenvalue weighted by atomic mass is 9.90. The molecule has 0 aliphatic carbocycles. The number of nitrogens with zero attached hydrogens (tertiary/aromatic N) is 1. The number of hydrogen-bond acceptors (Lipinski definition) is 3. The van der Waals surface area contributed by atoms with Crippen molar-refractivity contribution in [2.24, 2.45) is 4.99 Å². The number of hydrogen-bond donors (Lipinski definition) is 2. The van der Waals surface area contributed by atoms with Crippen molar-refractivity contribution in [3.63, 3.8) is 0 Å². The lowest BCUT2D eigenvalue weighted by Gasteiger charge is -2.21. The summed E-state index contributed by atoms with van der Waals surface area (Å²) in [6.07, 6.45) is 0. The number of aryl methyl sites for hydroxylation is 2. The molecule has 0 bridgehead atoms. The predicted molar refractivity (Wildman–Crippen MR) is 81.7 cm³/mol. The fraction of sp³-hybridized carbons (Fsp3) is 0.500. The van der Waals surface area contributed by atoms with Gasteiger partial charge >= 0.3 is 0 Å². The van der Waals surface area contributed by atoms with Crippen LogP contribution in [0.3, 0.4) is 0 Å². The zero-order valence-corrected chi connectivity index (χ0v) is 13.1. The van der Waals surface area contributed by atoms with Crippen LogP contribution in [0.25, 0.3) is 0 Å². The van der Waals surface area contributed by atoms with Crippen LogP contribution in [-0.4, -0.2) is 17.4 Å². The first kappa shape index (κ1) is 14.6. The standard InChI is InChI=1S/C16H23N3O/c1-10-7-11(2)9-12(8-10)16(6)13(20)17-14(19-16)18-15(3,4)5/h7-9H,1-6H3,(H2,17,18,19,20). The first-order valence-electron chi connectivity index (χ1n) is 6.88. The smallest absolute Gasteiger partial charge is 0.259 e. The normalized spacial score (nSPS) is 22.5. The summed E-state index contributed by atoms with van der Waals surface area (Å²) in [5.41, 5.74) is 2.21. The largest absolute Gasteiger partial charge is 0.351 e. The van der Waals surface area contributed by atoms with Gasteiger partial charge < -0.3 is 5.32 Å². The Morgan fingerprint density at radius 1 is 1.15 bits per heavy atom. The Bertz CT molecular complexity index is 564. The van der Waals surface area contributed by atoms with Crippen LogP contribution in [0.1, 0.15) is 44.4 Å². The highest BCUT2D eigenvalue weighted by atomic mass is 16.2. The molecule has 4 nitrogen and oxygen atoms in total. The topological polar surface area (TPSA) is 53.5 Å². The van der Waals surface area contributed by atoms with Crippen molar-refractivity contribution in [2.75, 3.05) is 0 Å². The lowest BCUT2D eigenvalue weighted by molar-refractivity contribution is -0.123. The van der Waals surface area contributed by atoms with Crippen LogP contribution in [-0.2, 0) is 10.3 Å². The highest BCUT2D eigenvalue weighted by molar-refractivity contribution is 6.07. The summed E-state index contributed by atoms with van der Waals surface area (Å²) >= 11 is 0.